The van der Waals surface area contributed by atoms with Gasteiger partial charge >= 0.3 is 0 Å². The van der Waals surface area contributed by atoms with Gasteiger partial charge in [-0.05, 0) is 31.5 Å². The second-order valence-electron chi connectivity index (χ2n) is 5.23. The maximum absolute atomic E-state index is 14.4. The van der Waals surface area contributed by atoms with Crippen LogP contribution in [0.3, 0.4) is 0 Å². The number of nitrogens with zero attached hydrogens (tertiary/aromatic N) is 1. The Morgan fingerprint density at radius 1 is 1.36 bits per heavy atom. The number of amides is 1. The summed E-state index contributed by atoms with van der Waals surface area (Å²) >= 11 is 0. The summed E-state index contributed by atoms with van der Waals surface area (Å²) in [6, 6.07) is 8.02. The van der Waals surface area contributed by atoms with Crippen molar-refractivity contribution in [3.8, 4) is 17.6 Å². The molecule has 1 aromatic heterocycles. The maximum Gasteiger partial charge on any atom is 0.255 e. The second kappa shape index (κ2) is 9.28. The largest absolute Gasteiger partial charge is 0.490 e. The van der Waals surface area contributed by atoms with Crippen LogP contribution in [0.25, 0.3) is 0 Å². The number of aromatic nitrogens is 1. The number of pyridine rings is 1. The number of benzene rings is 1. The second-order valence-corrected chi connectivity index (χ2v) is 5.23. The first-order valence-corrected chi connectivity index (χ1v) is 7.92. The lowest BCUT2D eigenvalue weighted by atomic mass is 10.2. The van der Waals surface area contributed by atoms with Crippen LogP contribution in [-0.4, -0.2) is 17.5 Å². The summed E-state index contributed by atoms with van der Waals surface area (Å²) in [5.74, 6) is 5.13. The summed E-state index contributed by atoms with van der Waals surface area (Å²) in [4.78, 5) is 16.0. The minimum atomic E-state index is -0.483. The lowest BCUT2D eigenvalue weighted by Gasteiger charge is -2.11. The molecule has 0 radical (unpaired) electrons. The third-order valence-electron chi connectivity index (χ3n) is 3.45. The fourth-order valence-corrected chi connectivity index (χ4v) is 2.15. The normalized spacial score (nSPS) is 9.84. The Morgan fingerprint density at radius 2 is 2.20 bits per heavy atom. The van der Waals surface area contributed by atoms with E-state index >= 15 is 0 Å². The molecule has 5 nitrogen and oxygen atoms in total. The van der Waals surface area contributed by atoms with Crippen LogP contribution in [0.1, 0.15) is 35.7 Å². The van der Waals surface area contributed by atoms with Gasteiger partial charge in [-0.1, -0.05) is 12.1 Å². The molecule has 2 rings (SSSR count). The first kappa shape index (κ1) is 18.3. The van der Waals surface area contributed by atoms with Crippen molar-refractivity contribution in [1.29, 1.82) is 0 Å². The van der Waals surface area contributed by atoms with Gasteiger partial charge in [-0.3, -0.25) is 4.79 Å². The number of hydrogen-bond acceptors (Lipinski definition) is 4. The molecule has 6 heteroatoms. The molecule has 1 aromatic carbocycles. The molecule has 2 aromatic rings. The molecular weight excluding hydrogens is 321 g/mol. The average Bonchev–Trinajstić information content (AvgIpc) is 2.62. The van der Waals surface area contributed by atoms with Crippen LogP contribution in [0.15, 0.2) is 36.5 Å². The Bertz CT molecular complexity index is 797. The zero-order valence-electron chi connectivity index (χ0n) is 14.0. The molecule has 1 amide bonds. The fourth-order valence-electron chi connectivity index (χ4n) is 2.15. The fraction of sp³-hybridized carbons (Fsp3) is 0.263. The highest BCUT2D eigenvalue weighted by molar-refractivity contribution is 5.98. The number of anilines is 1. The minimum absolute atomic E-state index is 0.0253. The van der Waals surface area contributed by atoms with Gasteiger partial charge in [0.2, 0.25) is 0 Å². The minimum Gasteiger partial charge on any atom is -0.490 e. The van der Waals surface area contributed by atoms with Crippen LogP contribution in [0.2, 0.25) is 0 Å². The van der Waals surface area contributed by atoms with Gasteiger partial charge in [-0.15, -0.1) is 11.8 Å². The lowest BCUT2D eigenvalue weighted by Crippen LogP contribution is -2.24. The number of nitrogen functional groups attached to an aromatic ring is 1. The van der Waals surface area contributed by atoms with Crippen molar-refractivity contribution >= 4 is 11.7 Å². The number of rotatable bonds is 7. The molecule has 3 N–H and O–H groups in total. The number of hydrogen-bond donors (Lipinski definition) is 2. The zero-order chi connectivity index (χ0) is 18.1. The molecule has 25 heavy (non-hydrogen) atoms. The van der Waals surface area contributed by atoms with Crippen LogP contribution >= 0.6 is 0 Å². The molecule has 0 atom stereocenters. The number of halogens is 1. The first-order chi connectivity index (χ1) is 12.1. The quantitative estimate of drug-likeness (QED) is 0.600. The Balaban J connectivity index is 1.95. The Labute approximate surface area is 146 Å². The van der Waals surface area contributed by atoms with E-state index in [4.69, 9.17) is 10.5 Å². The number of unbranched alkanes of at least 4 members (excludes halogenated alkanes) is 1. The highest BCUT2D eigenvalue weighted by Crippen LogP contribution is 2.21. The first-order valence-electron chi connectivity index (χ1n) is 7.92. The summed E-state index contributed by atoms with van der Waals surface area (Å²) in [6.07, 6.45) is 2.93. The highest BCUT2D eigenvalue weighted by Gasteiger charge is 2.13. The Hall–Kier alpha value is -3.07. The van der Waals surface area contributed by atoms with Gasteiger partial charge in [0.15, 0.2) is 11.6 Å². The molecule has 0 fully saturated rings. The Kier molecular flexibility index (Phi) is 6.78. The summed E-state index contributed by atoms with van der Waals surface area (Å²) in [5, 5.41) is 2.64. The molecule has 0 saturated carbocycles. The van der Waals surface area contributed by atoms with Crippen LogP contribution in [0, 0.1) is 17.7 Å². The smallest absolute Gasteiger partial charge is 0.255 e. The van der Waals surface area contributed by atoms with Crippen molar-refractivity contribution in [1.82, 2.24) is 10.3 Å². The number of ether oxygens (including phenoxy) is 1. The van der Waals surface area contributed by atoms with Gasteiger partial charge in [-0.2, -0.15) is 0 Å². The van der Waals surface area contributed by atoms with E-state index in [1.165, 1.54) is 6.20 Å². The number of carbonyl (C=O) groups excluding carboxylic acids is 1. The monoisotopic (exact) mass is 341 g/mol. The van der Waals surface area contributed by atoms with Crippen LogP contribution in [0.4, 0.5) is 10.2 Å². The number of nitrogens with one attached hydrogen (secondary N) is 1. The lowest BCUT2D eigenvalue weighted by molar-refractivity contribution is 0.0951. The van der Waals surface area contributed by atoms with Gasteiger partial charge in [0.25, 0.3) is 5.91 Å². The molecule has 0 aliphatic carbocycles. The summed E-state index contributed by atoms with van der Waals surface area (Å²) in [6.45, 7) is 2.18. The van der Waals surface area contributed by atoms with Gasteiger partial charge < -0.3 is 15.8 Å². The van der Waals surface area contributed by atoms with Crippen molar-refractivity contribution < 1.29 is 13.9 Å². The third kappa shape index (κ3) is 5.21. The molecule has 1 heterocycles. The average molecular weight is 341 g/mol. The van der Waals surface area contributed by atoms with E-state index in [0.29, 0.717) is 18.6 Å². The maximum atomic E-state index is 14.4. The summed E-state index contributed by atoms with van der Waals surface area (Å²) in [5.41, 5.74) is 6.25. The third-order valence-corrected chi connectivity index (χ3v) is 3.45. The van der Waals surface area contributed by atoms with Gasteiger partial charge in [0.1, 0.15) is 5.82 Å². The van der Waals surface area contributed by atoms with E-state index in [1.807, 2.05) is 0 Å². The summed E-state index contributed by atoms with van der Waals surface area (Å²) in [7, 11) is 0. The molecule has 130 valence electrons. The van der Waals surface area contributed by atoms with Crippen molar-refractivity contribution in [3.63, 3.8) is 0 Å². The SMILES string of the molecule is CC#CCCCOc1cccc(CNC(=O)c2cccnc2N)c1F. The predicted octanol–water partition coefficient (Wildman–Crippen LogP) is 2.92. The van der Waals surface area contributed by atoms with Crippen molar-refractivity contribution in [2.24, 2.45) is 0 Å². The zero-order valence-corrected chi connectivity index (χ0v) is 14.0. The molecule has 0 unspecified atom stereocenters. The van der Waals surface area contributed by atoms with Crippen molar-refractivity contribution in [2.75, 3.05) is 12.3 Å². The number of nitrogens with two attached hydrogens (primary N) is 1. The van der Waals surface area contributed by atoms with E-state index in [2.05, 4.69) is 22.1 Å². The van der Waals surface area contributed by atoms with Gasteiger partial charge in [0.05, 0.1) is 12.2 Å². The van der Waals surface area contributed by atoms with Crippen LogP contribution < -0.4 is 15.8 Å². The topological polar surface area (TPSA) is 77.2 Å². The van der Waals surface area contributed by atoms with E-state index in [0.717, 1.165) is 6.42 Å². The predicted molar refractivity (Wildman–Crippen MR) is 94.4 cm³/mol. The molecule has 0 bridgehead atoms. The van der Waals surface area contributed by atoms with Crippen molar-refractivity contribution in [2.45, 2.75) is 26.3 Å². The van der Waals surface area contributed by atoms with Crippen molar-refractivity contribution in [3.05, 3.63) is 53.5 Å². The molecule has 0 aliphatic heterocycles. The molecule has 0 saturated heterocycles. The number of carbonyl (C=O) groups is 1. The standard InChI is InChI=1S/C19H20FN3O2/c1-2-3-4-5-12-25-16-10-6-8-14(17(16)20)13-23-19(24)15-9-7-11-22-18(15)21/h6-11H,4-5,12-13H2,1H3,(H2,21,22)(H,23,24). The molecule has 0 aliphatic rings. The molecular formula is C19H20FN3O2. The van der Waals surface area contributed by atoms with Crippen LogP contribution in [-0.2, 0) is 6.54 Å². The van der Waals surface area contributed by atoms with Gasteiger partial charge in [0, 0.05) is 24.7 Å². The van der Waals surface area contributed by atoms with E-state index in [9.17, 15) is 9.18 Å². The molecule has 0 spiro atoms. The Morgan fingerprint density at radius 3 is 2.96 bits per heavy atom. The van der Waals surface area contributed by atoms with E-state index in [1.54, 1.807) is 37.3 Å². The van der Waals surface area contributed by atoms with Gasteiger partial charge in [-0.25, -0.2) is 9.37 Å². The van der Waals surface area contributed by atoms with E-state index in [-0.39, 0.29) is 23.7 Å². The highest BCUT2D eigenvalue weighted by atomic mass is 19.1. The summed E-state index contributed by atoms with van der Waals surface area (Å²) < 4.78 is 19.9. The van der Waals surface area contributed by atoms with E-state index < -0.39 is 11.7 Å². The van der Waals surface area contributed by atoms with Crippen LogP contribution in [0.5, 0.6) is 5.75 Å².